The number of carbonyl (C=O) groups excluding carboxylic acids is 1. The first-order valence-electron chi connectivity index (χ1n) is 9.07. The number of fused-ring (bicyclic) bond motifs is 1. The fraction of sp³-hybridized carbons (Fsp3) is 0.150. The lowest BCUT2D eigenvalue weighted by atomic mass is 10.1. The number of aromatic amines is 3. The second kappa shape index (κ2) is 7.93. The fourth-order valence-electron chi connectivity index (χ4n) is 3.07. The summed E-state index contributed by atoms with van der Waals surface area (Å²) < 4.78 is 0. The molecule has 9 heteroatoms. The Kier molecular flexibility index (Phi) is 5.02. The molecule has 4 rings (SSSR count). The molecular weight excluding hydrogens is 372 g/mol. The minimum atomic E-state index is -0.683. The van der Waals surface area contributed by atoms with Gasteiger partial charge in [0, 0.05) is 12.8 Å². The molecule has 2 aromatic heterocycles. The first-order chi connectivity index (χ1) is 14.1. The molecule has 0 aliphatic rings. The van der Waals surface area contributed by atoms with Crippen molar-refractivity contribution in [1.82, 2.24) is 30.5 Å². The lowest BCUT2D eigenvalue weighted by Crippen LogP contribution is -2.32. The molecule has 1 amide bonds. The number of benzene rings is 2. The Morgan fingerprint density at radius 3 is 2.52 bits per heavy atom. The fourth-order valence-corrected chi connectivity index (χ4v) is 3.07. The predicted octanol–water partition coefficient (Wildman–Crippen LogP) is 1.17. The SMILES string of the molecule is O=C(CCc1n[nH]c(=O)[nH]c1=O)N[C@@H](c1ccccc1)c1nc2ccccc2[nH]1. The van der Waals surface area contributed by atoms with Crippen LogP contribution in [0.4, 0.5) is 0 Å². The molecular formula is C20H18N6O3. The van der Waals surface area contributed by atoms with E-state index in [1.807, 2.05) is 54.6 Å². The molecule has 0 saturated heterocycles. The highest BCUT2D eigenvalue weighted by Gasteiger charge is 2.20. The summed E-state index contributed by atoms with van der Waals surface area (Å²) >= 11 is 0. The average Bonchev–Trinajstić information content (AvgIpc) is 3.16. The van der Waals surface area contributed by atoms with Gasteiger partial charge in [0.1, 0.15) is 17.6 Å². The monoisotopic (exact) mass is 390 g/mol. The third-order valence-electron chi connectivity index (χ3n) is 4.49. The van der Waals surface area contributed by atoms with Crippen molar-refractivity contribution in [2.24, 2.45) is 0 Å². The Labute approximate surface area is 164 Å². The largest absolute Gasteiger partial charge is 0.342 e. The molecule has 0 unspecified atom stereocenters. The maximum Gasteiger partial charge on any atom is 0.342 e. The van der Waals surface area contributed by atoms with Crippen molar-refractivity contribution in [2.75, 3.05) is 0 Å². The normalized spacial score (nSPS) is 12.0. The highest BCUT2D eigenvalue weighted by molar-refractivity contribution is 5.78. The number of H-pyrrole nitrogens is 3. The number of aryl methyl sites for hydroxylation is 1. The number of amides is 1. The molecule has 0 radical (unpaired) electrons. The Bertz CT molecular complexity index is 1230. The van der Waals surface area contributed by atoms with Crippen LogP contribution in [0.1, 0.15) is 29.5 Å². The van der Waals surface area contributed by atoms with Gasteiger partial charge in [0.2, 0.25) is 5.91 Å². The first kappa shape index (κ1) is 18.4. The molecule has 9 nitrogen and oxygen atoms in total. The summed E-state index contributed by atoms with van der Waals surface area (Å²) in [5, 5.41) is 8.83. The number of hydrogen-bond acceptors (Lipinski definition) is 5. The Morgan fingerprint density at radius 2 is 1.76 bits per heavy atom. The number of aromatic nitrogens is 5. The molecule has 4 N–H and O–H groups in total. The molecule has 0 aliphatic heterocycles. The summed E-state index contributed by atoms with van der Waals surface area (Å²) in [6, 6.07) is 16.7. The maximum absolute atomic E-state index is 12.6. The van der Waals surface area contributed by atoms with Crippen LogP contribution in [0.3, 0.4) is 0 Å². The van der Waals surface area contributed by atoms with Gasteiger partial charge in [-0.05, 0) is 17.7 Å². The standard InChI is InChI=1S/C20H18N6O3/c27-16(11-10-15-19(28)24-20(29)26-25-15)23-17(12-6-2-1-3-7-12)18-21-13-8-4-5-9-14(13)22-18/h1-9,17H,10-11H2,(H,21,22)(H,23,27)(H2,24,26,28,29)/t17-/m0/s1. The van der Waals surface area contributed by atoms with Crippen molar-refractivity contribution in [3.05, 3.63) is 92.5 Å². The van der Waals surface area contributed by atoms with E-state index in [1.165, 1.54) is 0 Å². The molecule has 0 aliphatic carbocycles. The molecule has 2 heterocycles. The molecule has 4 aromatic rings. The van der Waals surface area contributed by atoms with Crippen molar-refractivity contribution in [3.8, 4) is 0 Å². The van der Waals surface area contributed by atoms with E-state index in [-0.39, 0.29) is 24.4 Å². The van der Waals surface area contributed by atoms with Crippen molar-refractivity contribution in [3.63, 3.8) is 0 Å². The van der Waals surface area contributed by atoms with Crippen LogP contribution >= 0.6 is 0 Å². The lowest BCUT2D eigenvalue weighted by molar-refractivity contribution is -0.121. The topological polar surface area (TPSA) is 136 Å². The van der Waals surface area contributed by atoms with Crippen LogP contribution in [0.2, 0.25) is 0 Å². The van der Waals surface area contributed by atoms with E-state index in [2.05, 4.69) is 30.5 Å². The Hall–Kier alpha value is -4.01. The molecule has 146 valence electrons. The van der Waals surface area contributed by atoms with Crippen LogP contribution in [0.5, 0.6) is 0 Å². The second-order valence-electron chi connectivity index (χ2n) is 6.50. The van der Waals surface area contributed by atoms with Crippen molar-refractivity contribution < 1.29 is 4.79 Å². The van der Waals surface area contributed by atoms with Crippen LogP contribution < -0.4 is 16.6 Å². The summed E-state index contributed by atoms with van der Waals surface area (Å²) in [6.07, 6.45) is 0.130. The zero-order chi connectivity index (χ0) is 20.2. The van der Waals surface area contributed by atoms with E-state index in [0.29, 0.717) is 5.82 Å². The molecule has 0 spiro atoms. The van der Waals surface area contributed by atoms with Gasteiger partial charge < -0.3 is 10.3 Å². The summed E-state index contributed by atoms with van der Waals surface area (Å²) in [5.41, 5.74) is 1.37. The quantitative estimate of drug-likeness (QED) is 0.392. The van der Waals surface area contributed by atoms with Crippen molar-refractivity contribution in [2.45, 2.75) is 18.9 Å². The highest BCUT2D eigenvalue weighted by atomic mass is 16.2. The number of carbonyl (C=O) groups is 1. The summed E-state index contributed by atoms with van der Waals surface area (Å²) in [4.78, 5) is 45.3. The maximum atomic E-state index is 12.6. The predicted molar refractivity (Wildman–Crippen MR) is 106 cm³/mol. The summed E-state index contributed by atoms with van der Waals surface area (Å²) in [7, 11) is 0. The van der Waals surface area contributed by atoms with Gasteiger partial charge in [-0.15, -0.1) is 0 Å². The average molecular weight is 390 g/mol. The highest BCUT2D eigenvalue weighted by Crippen LogP contribution is 2.22. The number of rotatable bonds is 6. The van der Waals surface area contributed by atoms with Gasteiger partial charge in [0.25, 0.3) is 5.56 Å². The van der Waals surface area contributed by atoms with E-state index in [1.54, 1.807) is 0 Å². The molecule has 0 saturated carbocycles. The zero-order valence-electron chi connectivity index (χ0n) is 15.3. The van der Waals surface area contributed by atoms with Crippen LogP contribution in [0.15, 0.2) is 64.2 Å². The molecule has 29 heavy (non-hydrogen) atoms. The van der Waals surface area contributed by atoms with Crippen LogP contribution in [0, 0.1) is 0 Å². The van der Waals surface area contributed by atoms with E-state index < -0.39 is 17.3 Å². The van der Waals surface area contributed by atoms with E-state index in [0.717, 1.165) is 16.6 Å². The molecule has 0 bridgehead atoms. The third kappa shape index (κ3) is 4.13. The Morgan fingerprint density at radius 1 is 1.00 bits per heavy atom. The van der Waals surface area contributed by atoms with Crippen LogP contribution in [-0.2, 0) is 11.2 Å². The number of nitrogens with zero attached hydrogens (tertiary/aromatic N) is 2. The minimum Gasteiger partial charge on any atom is -0.342 e. The summed E-state index contributed by atoms with van der Waals surface area (Å²) in [5.74, 6) is 0.345. The van der Waals surface area contributed by atoms with Gasteiger partial charge in [-0.1, -0.05) is 42.5 Å². The van der Waals surface area contributed by atoms with Gasteiger partial charge in [-0.2, -0.15) is 5.10 Å². The number of imidazole rings is 1. The van der Waals surface area contributed by atoms with E-state index in [4.69, 9.17) is 0 Å². The number of nitrogens with one attached hydrogen (secondary N) is 4. The number of para-hydroxylation sites is 2. The smallest absolute Gasteiger partial charge is 0.342 e. The zero-order valence-corrected chi connectivity index (χ0v) is 15.3. The first-order valence-corrected chi connectivity index (χ1v) is 9.07. The number of hydrogen-bond donors (Lipinski definition) is 4. The summed E-state index contributed by atoms with van der Waals surface area (Å²) in [6.45, 7) is 0. The van der Waals surface area contributed by atoms with E-state index >= 15 is 0 Å². The molecule has 1 atom stereocenters. The van der Waals surface area contributed by atoms with Crippen LogP contribution in [-0.4, -0.2) is 31.1 Å². The second-order valence-corrected chi connectivity index (χ2v) is 6.50. The van der Waals surface area contributed by atoms with E-state index in [9.17, 15) is 14.4 Å². The third-order valence-corrected chi connectivity index (χ3v) is 4.49. The van der Waals surface area contributed by atoms with Gasteiger partial charge >= 0.3 is 5.69 Å². The molecule has 2 aromatic carbocycles. The van der Waals surface area contributed by atoms with Gasteiger partial charge in [-0.3, -0.25) is 14.6 Å². The minimum absolute atomic E-state index is 0.0334. The van der Waals surface area contributed by atoms with Crippen molar-refractivity contribution >= 4 is 16.9 Å². The molecule has 0 fully saturated rings. The van der Waals surface area contributed by atoms with Gasteiger partial charge in [0.15, 0.2) is 0 Å². The lowest BCUT2D eigenvalue weighted by Gasteiger charge is -2.17. The van der Waals surface area contributed by atoms with Crippen LogP contribution in [0.25, 0.3) is 11.0 Å². The van der Waals surface area contributed by atoms with Gasteiger partial charge in [0.05, 0.1) is 11.0 Å². The Balaban J connectivity index is 1.56. The van der Waals surface area contributed by atoms with Crippen molar-refractivity contribution in [1.29, 1.82) is 0 Å². The van der Waals surface area contributed by atoms with Gasteiger partial charge in [-0.25, -0.2) is 14.9 Å².